The van der Waals surface area contributed by atoms with Crippen LogP contribution in [0.5, 0.6) is 0 Å². The van der Waals surface area contributed by atoms with Gasteiger partial charge < -0.3 is 15.4 Å². The van der Waals surface area contributed by atoms with Crippen molar-refractivity contribution < 1.29 is 4.74 Å². The van der Waals surface area contributed by atoms with Crippen molar-refractivity contribution in [1.82, 2.24) is 4.90 Å². The van der Waals surface area contributed by atoms with E-state index in [1.54, 1.807) is 0 Å². The first-order valence-corrected chi connectivity index (χ1v) is 8.18. The van der Waals surface area contributed by atoms with Gasteiger partial charge in [-0.25, -0.2) is 0 Å². The van der Waals surface area contributed by atoms with Gasteiger partial charge in [-0.05, 0) is 58.7 Å². The lowest BCUT2D eigenvalue weighted by atomic mass is 9.99. The van der Waals surface area contributed by atoms with Gasteiger partial charge in [-0.15, -0.1) is 0 Å². The van der Waals surface area contributed by atoms with E-state index in [-0.39, 0.29) is 6.04 Å². The molecule has 0 saturated carbocycles. The SMILES string of the molecule is Cc1cc(C)cc(C(N)CCN(C)CC2CCCCO2)c1. The maximum absolute atomic E-state index is 6.36. The molecule has 1 saturated heterocycles. The number of nitrogens with two attached hydrogens (primary N) is 1. The zero-order chi connectivity index (χ0) is 15.2. The van der Waals surface area contributed by atoms with E-state index >= 15 is 0 Å². The van der Waals surface area contributed by atoms with Crippen LogP contribution in [-0.2, 0) is 4.74 Å². The van der Waals surface area contributed by atoms with Crippen molar-refractivity contribution in [2.24, 2.45) is 5.73 Å². The minimum atomic E-state index is 0.123. The third kappa shape index (κ3) is 5.42. The molecular formula is C18H30N2O. The molecule has 2 N–H and O–H groups in total. The summed E-state index contributed by atoms with van der Waals surface area (Å²) in [6.07, 6.45) is 5.14. The highest BCUT2D eigenvalue weighted by Gasteiger charge is 2.16. The van der Waals surface area contributed by atoms with Crippen LogP contribution in [0.2, 0.25) is 0 Å². The third-order valence-electron chi connectivity index (χ3n) is 4.28. The predicted octanol–water partition coefficient (Wildman–Crippen LogP) is 3.19. The van der Waals surface area contributed by atoms with E-state index in [1.807, 2.05) is 0 Å². The first kappa shape index (κ1) is 16.5. The number of rotatable bonds is 6. The molecule has 1 aliphatic heterocycles. The summed E-state index contributed by atoms with van der Waals surface area (Å²) in [6, 6.07) is 6.74. The maximum Gasteiger partial charge on any atom is 0.0701 e. The summed E-state index contributed by atoms with van der Waals surface area (Å²) in [5.74, 6) is 0. The second-order valence-electron chi connectivity index (χ2n) is 6.57. The summed E-state index contributed by atoms with van der Waals surface area (Å²) in [5, 5.41) is 0. The maximum atomic E-state index is 6.36. The Morgan fingerprint density at radius 1 is 1.24 bits per heavy atom. The summed E-state index contributed by atoms with van der Waals surface area (Å²) < 4.78 is 5.80. The summed E-state index contributed by atoms with van der Waals surface area (Å²) >= 11 is 0. The molecule has 2 unspecified atom stereocenters. The molecule has 1 heterocycles. The fraction of sp³-hybridized carbons (Fsp3) is 0.667. The second-order valence-corrected chi connectivity index (χ2v) is 6.57. The van der Waals surface area contributed by atoms with Crippen LogP contribution < -0.4 is 5.73 Å². The molecule has 2 atom stereocenters. The quantitative estimate of drug-likeness (QED) is 0.874. The lowest BCUT2D eigenvalue weighted by molar-refractivity contribution is -0.00175. The van der Waals surface area contributed by atoms with E-state index in [9.17, 15) is 0 Å². The van der Waals surface area contributed by atoms with Crippen LogP contribution in [0, 0.1) is 13.8 Å². The van der Waals surface area contributed by atoms with Crippen molar-refractivity contribution in [2.45, 2.75) is 51.7 Å². The Balaban J connectivity index is 1.78. The average Bonchev–Trinajstić information content (AvgIpc) is 2.45. The Kier molecular flexibility index (Phi) is 6.22. The molecule has 0 aromatic heterocycles. The van der Waals surface area contributed by atoms with Gasteiger partial charge in [-0.3, -0.25) is 0 Å². The van der Waals surface area contributed by atoms with Gasteiger partial charge in [-0.2, -0.15) is 0 Å². The molecule has 0 bridgehead atoms. The Bertz CT molecular complexity index is 421. The molecular weight excluding hydrogens is 260 g/mol. The minimum absolute atomic E-state index is 0.123. The van der Waals surface area contributed by atoms with Gasteiger partial charge in [-0.1, -0.05) is 29.3 Å². The molecule has 1 aliphatic rings. The van der Waals surface area contributed by atoms with Gasteiger partial charge in [0.05, 0.1) is 6.10 Å². The highest BCUT2D eigenvalue weighted by Crippen LogP contribution is 2.19. The van der Waals surface area contributed by atoms with Gasteiger partial charge in [0.15, 0.2) is 0 Å². The zero-order valence-electron chi connectivity index (χ0n) is 13.8. The van der Waals surface area contributed by atoms with Crippen LogP contribution in [0.3, 0.4) is 0 Å². The summed E-state index contributed by atoms with van der Waals surface area (Å²) in [5.41, 5.74) is 10.2. The Labute approximate surface area is 129 Å². The van der Waals surface area contributed by atoms with Crippen LogP contribution in [0.15, 0.2) is 18.2 Å². The lowest BCUT2D eigenvalue weighted by Crippen LogP contribution is -2.34. The lowest BCUT2D eigenvalue weighted by Gasteiger charge is -2.28. The van der Waals surface area contributed by atoms with Crippen molar-refractivity contribution in [2.75, 3.05) is 26.7 Å². The molecule has 2 rings (SSSR count). The van der Waals surface area contributed by atoms with Crippen molar-refractivity contribution >= 4 is 0 Å². The van der Waals surface area contributed by atoms with Gasteiger partial charge in [0.25, 0.3) is 0 Å². The van der Waals surface area contributed by atoms with Crippen LogP contribution in [0.4, 0.5) is 0 Å². The van der Waals surface area contributed by atoms with Crippen molar-refractivity contribution in [3.8, 4) is 0 Å². The van der Waals surface area contributed by atoms with Crippen LogP contribution in [-0.4, -0.2) is 37.7 Å². The van der Waals surface area contributed by atoms with Gasteiger partial charge in [0.2, 0.25) is 0 Å². The molecule has 1 fully saturated rings. The highest BCUT2D eigenvalue weighted by molar-refractivity contribution is 5.30. The molecule has 3 heteroatoms. The largest absolute Gasteiger partial charge is 0.377 e. The summed E-state index contributed by atoms with van der Waals surface area (Å²) in [6.45, 7) is 7.25. The van der Waals surface area contributed by atoms with Gasteiger partial charge in [0, 0.05) is 19.2 Å². The van der Waals surface area contributed by atoms with Gasteiger partial charge in [0.1, 0.15) is 0 Å². The number of likely N-dealkylation sites (N-methyl/N-ethyl adjacent to an activating group) is 1. The highest BCUT2D eigenvalue weighted by atomic mass is 16.5. The summed E-state index contributed by atoms with van der Waals surface area (Å²) in [4.78, 5) is 2.36. The number of hydrogen-bond acceptors (Lipinski definition) is 3. The van der Waals surface area contributed by atoms with E-state index < -0.39 is 0 Å². The Morgan fingerprint density at radius 2 is 1.95 bits per heavy atom. The van der Waals surface area contributed by atoms with Crippen molar-refractivity contribution in [1.29, 1.82) is 0 Å². The summed E-state index contributed by atoms with van der Waals surface area (Å²) in [7, 11) is 2.17. The van der Waals surface area contributed by atoms with E-state index in [4.69, 9.17) is 10.5 Å². The molecule has 118 valence electrons. The van der Waals surface area contributed by atoms with Crippen molar-refractivity contribution in [3.63, 3.8) is 0 Å². The van der Waals surface area contributed by atoms with E-state index in [1.165, 1.54) is 36.0 Å². The molecule has 21 heavy (non-hydrogen) atoms. The molecule has 3 nitrogen and oxygen atoms in total. The number of hydrogen-bond donors (Lipinski definition) is 1. The Hall–Kier alpha value is -0.900. The zero-order valence-corrected chi connectivity index (χ0v) is 13.8. The van der Waals surface area contributed by atoms with Gasteiger partial charge >= 0.3 is 0 Å². The minimum Gasteiger partial charge on any atom is -0.377 e. The predicted molar refractivity (Wildman–Crippen MR) is 88.5 cm³/mol. The monoisotopic (exact) mass is 290 g/mol. The number of aryl methyl sites for hydroxylation is 2. The molecule has 0 aliphatic carbocycles. The Morgan fingerprint density at radius 3 is 2.57 bits per heavy atom. The van der Waals surface area contributed by atoms with Crippen LogP contribution >= 0.6 is 0 Å². The molecule has 1 aromatic rings. The van der Waals surface area contributed by atoms with Crippen molar-refractivity contribution in [3.05, 3.63) is 34.9 Å². The normalized spacial score (nSPS) is 20.7. The average molecular weight is 290 g/mol. The third-order valence-corrected chi connectivity index (χ3v) is 4.28. The number of ether oxygens (including phenoxy) is 1. The fourth-order valence-corrected chi connectivity index (χ4v) is 3.14. The second kappa shape index (κ2) is 7.92. The first-order valence-electron chi connectivity index (χ1n) is 8.18. The van der Waals surface area contributed by atoms with Crippen LogP contribution in [0.1, 0.15) is 48.4 Å². The smallest absolute Gasteiger partial charge is 0.0701 e. The molecule has 1 aromatic carbocycles. The van der Waals surface area contributed by atoms with E-state index in [2.05, 4.69) is 44.0 Å². The number of nitrogens with zero attached hydrogens (tertiary/aromatic N) is 1. The first-order chi connectivity index (χ1) is 10.0. The fourth-order valence-electron chi connectivity index (χ4n) is 3.14. The van der Waals surface area contributed by atoms with E-state index in [0.29, 0.717) is 6.10 Å². The molecule has 0 radical (unpaired) electrons. The standard InChI is InChI=1S/C18H30N2O/c1-14-10-15(2)12-16(11-14)18(19)7-8-20(3)13-17-6-4-5-9-21-17/h10-12,17-18H,4-9,13,19H2,1-3H3. The topological polar surface area (TPSA) is 38.5 Å². The van der Waals surface area contributed by atoms with E-state index in [0.717, 1.165) is 26.1 Å². The van der Waals surface area contributed by atoms with Crippen LogP contribution in [0.25, 0.3) is 0 Å². The molecule has 0 amide bonds. The number of benzene rings is 1. The molecule has 0 spiro atoms.